The topological polar surface area (TPSA) is 119 Å². The second kappa shape index (κ2) is 16.6. The van der Waals surface area contributed by atoms with Gasteiger partial charge in [-0.15, -0.1) is 0 Å². The van der Waals surface area contributed by atoms with E-state index < -0.39 is 12.0 Å². The van der Waals surface area contributed by atoms with Gasteiger partial charge < -0.3 is 24.0 Å². The highest BCUT2D eigenvalue weighted by Crippen LogP contribution is 2.45. The summed E-state index contributed by atoms with van der Waals surface area (Å²) in [6, 6.07) is 29.4. The Bertz CT molecular complexity index is 2530. The number of pyridine rings is 1. The van der Waals surface area contributed by atoms with E-state index in [0.29, 0.717) is 42.1 Å². The van der Waals surface area contributed by atoms with E-state index in [1.807, 2.05) is 86.8 Å². The smallest absolute Gasteiger partial charge is 0.417 e. The number of aromatic nitrogens is 1. The van der Waals surface area contributed by atoms with Crippen LogP contribution < -0.4 is 9.64 Å². The molecule has 11 nitrogen and oxygen atoms in total. The first-order chi connectivity index (χ1) is 28.7. The number of aryl methyl sites for hydroxylation is 1. The number of anilines is 1. The number of fused-ring (bicyclic) bond motifs is 5. The van der Waals surface area contributed by atoms with Gasteiger partial charge in [-0.25, -0.2) is 14.7 Å². The molecule has 8 rings (SSSR count). The zero-order valence-corrected chi connectivity index (χ0v) is 33.6. The van der Waals surface area contributed by atoms with E-state index in [-0.39, 0.29) is 31.8 Å². The molecule has 4 aromatic carbocycles. The van der Waals surface area contributed by atoms with Crippen LogP contribution in [0, 0.1) is 5.92 Å². The first kappa shape index (κ1) is 39.1. The largest absolute Gasteiger partial charge is 0.473 e. The predicted octanol–water partition coefficient (Wildman–Crippen LogP) is 8.04. The van der Waals surface area contributed by atoms with Gasteiger partial charge in [0.15, 0.2) is 6.73 Å². The number of hydrogen-bond acceptors (Lipinski definition) is 9. The molecular formula is C48H46N4O7. The number of carbonyl (C=O) groups excluding carboxylic acids is 4. The quantitative estimate of drug-likeness (QED) is 0.0664. The monoisotopic (exact) mass is 790 g/mol. The summed E-state index contributed by atoms with van der Waals surface area (Å²) in [7, 11) is 3.74. The number of para-hydroxylation sites is 1. The zero-order chi connectivity index (χ0) is 41.2. The van der Waals surface area contributed by atoms with Crippen LogP contribution in [0.4, 0.5) is 10.5 Å². The third kappa shape index (κ3) is 7.44. The Hall–Kier alpha value is -6.75. The number of hydrogen-bond donors (Lipinski definition) is 0. The third-order valence-corrected chi connectivity index (χ3v) is 11.6. The van der Waals surface area contributed by atoms with Crippen molar-refractivity contribution in [3.63, 3.8) is 0 Å². The molecule has 11 heteroatoms. The van der Waals surface area contributed by atoms with Gasteiger partial charge in [-0.3, -0.25) is 14.4 Å². The SMILES string of the molecule is CCc1c2c(nc3ccc(OCN(C(=O)OCC4c5ccccc5-c5ccc(CN(C)C=O)cc54)c4ccccc4)cc13)/C(=C/C1=C(C=O)COC(=O)C1CC)N(C)C2. The lowest BCUT2D eigenvalue weighted by atomic mass is 9.89. The maximum atomic E-state index is 14.0. The molecule has 0 N–H and O–H groups in total. The fraction of sp³-hybridized carbons (Fsp3) is 0.271. The van der Waals surface area contributed by atoms with Gasteiger partial charge in [0, 0.05) is 49.6 Å². The van der Waals surface area contributed by atoms with Crippen LogP contribution in [-0.4, -0.2) is 73.6 Å². The first-order valence-corrected chi connectivity index (χ1v) is 20.0. The van der Waals surface area contributed by atoms with Gasteiger partial charge in [0.25, 0.3) is 0 Å². The second-order valence-electron chi connectivity index (χ2n) is 15.2. The van der Waals surface area contributed by atoms with Crippen LogP contribution in [0.25, 0.3) is 27.7 Å². The Morgan fingerprint density at radius 3 is 2.49 bits per heavy atom. The van der Waals surface area contributed by atoms with E-state index in [4.69, 9.17) is 19.2 Å². The van der Waals surface area contributed by atoms with Crippen LogP contribution in [-0.2, 0) is 43.4 Å². The van der Waals surface area contributed by atoms with Crippen LogP contribution in [0.15, 0.2) is 108 Å². The standard InChI is InChI=1S/C48H46N4O7/c1-5-34-41-21-33(17-19-44(41)49-46-42(34)24-51(4)45(46)22-39-31(25-53)26-57-47(55)35(39)6-2)59-29-52(32-12-8-7-9-13-32)48(56)58-27-43-37-15-11-10-14-36(37)38-18-16-30(20-40(38)43)23-50(3)28-54/h7-22,25,28,35,43H,5-6,23-24,26-27,29H2,1-4H3/b45-22-. The molecule has 2 amide bonds. The number of ether oxygens (including phenoxy) is 3. The summed E-state index contributed by atoms with van der Waals surface area (Å²) in [5.41, 5.74) is 11.8. The lowest BCUT2D eigenvalue weighted by molar-refractivity contribution is -0.147. The summed E-state index contributed by atoms with van der Waals surface area (Å²) < 4.78 is 17.8. The highest BCUT2D eigenvalue weighted by atomic mass is 16.6. The molecule has 0 spiro atoms. The number of benzene rings is 4. The molecule has 5 aromatic rings. The van der Waals surface area contributed by atoms with E-state index in [1.54, 1.807) is 11.9 Å². The van der Waals surface area contributed by atoms with Gasteiger partial charge in [-0.2, -0.15) is 0 Å². The van der Waals surface area contributed by atoms with Crippen LogP contribution in [0.3, 0.4) is 0 Å². The Balaban J connectivity index is 1.05. The molecule has 0 fully saturated rings. The molecular weight excluding hydrogens is 745 g/mol. The number of carbonyl (C=O) groups is 4. The summed E-state index contributed by atoms with van der Waals surface area (Å²) in [5.74, 6) is -0.445. The average molecular weight is 791 g/mol. The Kier molecular flexibility index (Phi) is 11.0. The number of nitrogens with zero attached hydrogens (tertiary/aromatic N) is 4. The minimum absolute atomic E-state index is 0.0329. The molecule has 0 radical (unpaired) electrons. The molecule has 1 aliphatic carbocycles. The predicted molar refractivity (Wildman–Crippen MR) is 225 cm³/mol. The van der Waals surface area contributed by atoms with Crippen molar-refractivity contribution in [2.24, 2.45) is 5.92 Å². The van der Waals surface area contributed by atoms with Crippen LogP contribution >= 0.6 is 0 Å². The van der Waals surface area contributed by atoms with E-state index in [9.17, 15) is 19.2 Å². The summed E-state index contributed by atoms with van der Waals surface area (Å²) in [4.78, 5) is 60.4. The number of aldehydes is 1. The van der Waals surface area contributed by atoms with E-state index >= 15 is 0 Å². The Morgan fingerprint density at radius 1 is 0.949 bits per heavy atom. The molecule has 0 saturated carbocycles. The summed E-state index contributed by atoms with van der Waals surface area (Å²) in [5, 5.41) is 0.949. The summed E-state index contributed by atoms with van der Waals surface area (Å²) >= 11 is 0. The molecule has 0 saturated heterocycles. The number of esters is 1. The number of allylic oxidation sites excluding steroid dienone is 1. The number of rotatable bonds is 13. The van der Waals surface area contributed by atoms with Gasteiger partial charge in [-0.05, 0) is 88.2 Å². The highest BCUT2D eigenvalue weighted by Gasteiger charge is 2.34. The van der Waals surface area contributed by atoms with E-state index in [1.165, 1.54) is 4.90 Å². The van der Waals surface area contributed by atoms with Crippen molar-refractivity contribution in [1.82, 2.24) is 14.8 Å². The lowest BCUT2D eigenvalue weighted by Gasteiger charge is -2.24. The Morgan fingerprint density at radius 2 is 1.73 bits per heavy atom. The normalized spacial score (nSPS) is 17.3. The highest BCUT2D eigenvalue weighted by molar-refractivity contribution is 5.91. The summed E-state index contributed by atoms with van der Waals surface area (Å²) in [6.07, 6.45) is 4.25. The van der Waals surface area contributed by atoms with Crippen molar-refractivity contribution in [3.8, 4) is 16.9 Å². The molecule has 3 heterocycles. The van der Waals surface area contributed by atoms with Crippen molar-refractivity contribution in [1.29, 1.82) is 0 Å². The molecule has 3 aliphatic rings. The molecule has 2 atom stereocenters. The van der Waals surface area contributed by atoms with Gasteiger partial charge in [0.2, 0.25) is 6.41 Å². The van der Waals surface area contributed by atoms with Crippen molar-refractivity contribution in [2.45, 2.75) is 45.7 Å². The van der Waals surface area contributed by atoms with Crippen LogP contribution in [0.2, 0.25) is 0 Å². The van der Waals surface area contributed by atoms with Gasteiger partial charge in [0.05, 0.1) is 28.5 Å². The van der Waals surface area contributed by atoms with Gasteiger partial charge in [0.1, 0.15) is 25.2 Å². The van der Waals surface area contributed by atoms with E-state index in [0.717, 1.165) is 80.4 Å². The fourth-order valence-corrected chi connectivity index (χ4v) is 8.59. The summed E-state index contributed by atoms with van der Waals surface area (Å²) in [6.45, 7) is 5.10. The molecule has 2 unspecified atom stereocenters. The van der Waals surface area contributed by atoms with Crippen molar-refractivity contribution in [2.75, 3.05) is 38.9 Å². The minimum Gasteiger partial charge on any atom is -0.473 e. The third-order valence-electron chi connectivity index (χ3n) is 11.6. The second-order valence-corrected chi connectivity index (χ2v) is 15.2. The number of amides is 2. The van der Waals surface area contributed by atoms with Crippen molar-refractivity contribution < 1.29 is 33.4 Å². The average Bonchev–Trinajstić information content (AvgIpc) is 3.74. The van der Waals surface area contributed by atoms with E-state index in [2.05, 4.69) is 36.1 Å². The fourth-order valence-electron chi connectivity index (χ4n) is 8.59. The molecule has 2 aliphatic heterocycles. The molecule has 1 aromatic heterocycles. The lowest BCUT2D eigenvalue weighted by Crippen LogP contribution is -2.35. The van der Waals surface area contributed by atoms with Crippen molar-refractivity contribution >= 4 is 47.0 Å². The first-order valence-electron chi connectivity index (χ1n) is 20.0. The zero-order valence-electron chi connectivity index (χ0n) is 33.6. The molecule has 59 heavy (non-hydrogen) atoms. The van der Waals surface area contributed by atoms with Crippen molar-refractivity contribution in [3.05, 3.63) is 142 Å². The van der Waals surface area contributed by atoms with Crippen LogP contribution in [0.1, 0.15) is 59.7 Å². The molecule has 300 valence electrons. The van der Waals surface area contributed by atoms with Gasteiger partial charge in [-0.1, -0.05) is 74.5 Å². The minimum atomic E-state index is -0.541. The maximum absolute atomic E-state index is 14.0. The Labute approximate surface area is 343 Å². The number of cyclic esters (lactones) is 1. The van der Waals surface area contributed by atoms with Crippen LogP contribution in [0.5, 0.6) is 5.75 Å². The maximum Gasteiger partial charge on any atom is 0.417 e. The van der Waals surface area contributed by atoms with Gasteiger partial charge >= 0.3 is 12.1 Å². The molecule has 0 bridgehead atoms.